The fourth-order valence-corrected chi connectivity index (χ4v) is 2.37. The molecule has 0 bridgehead atoms. The molecule has 1 atom stereocenters. The fraction of sp³-hybridized carbons (Fsp3) is 0.526. The molecule has 0 aliphatic heterocycles. The standard InChI is InChI=1S/C19H30N6O2/c1-5-9-27-17-8-7-15(10-21-17)11-22-18(20-6-2)23-14-19(3,26)16-12-24-25(4)13-16/h7-8,10,12-13,26H,5-6,9,11,14H2,1-4H3,(H2,20,22,23). The van der Waals surface area contributed by atoms with Crippen LogP contribution in [-0.2, 0) is 19.2 Å². The topological polar surface area (TPSA) is 96.6 Å². The molecule has 0 aliphatic carbocycles. The summed E-state index contributed by atoms with van der Waals surface area (Å²) >= 11 is 0. The maximum Gasteiger partial charge on any atom is 0.213 e. The number of rotatable bonds is 9. The lowest BCUT2D eigenvalue weighted by atomic mass is 10.00. The number of hydrogen-bond donors (Lipinski definition) is 3. The zero-order valence-corrected chi connectivity index (χ0v) is 16.6. The Labute approximate surface area is 160 Å². The highest BCUT2D eigenvalue weighted by Gasteiger charge is 2.24. The van der Waals surface area contributed by atoms with Crippen LogP contribution in [0, 0.1) is 0 Å². The minimum Gasteiger partial charge on any atom is -0.478 e. The van der Waals surface area contributed by atoms with Crippen LogP contribution in [0.25, 0.3) is 0 Å². The van der Waals surface area contributed by atoms with Gasteiger partial charge in [-0.1, -0.05) is 13.0 Å². The van der Waals surface area contributed by atoms with E-state index in [9.17, 15) is 5.11 Å². The van der Waals surface area contributed by atoms with E-state index in [0.717, 1.165) is 24.1 Å². The highest BCUT2D eigenvalue weighted by atomic mass is 16.5. The van der Waals surface area contributed by atoms with Crippen molar-refractivity contribution in [1.82, 2.24) is 25.4 Å². The Morgan fingerprint density at radius 3 is 2.70 bits per heavy atom. The van der Waals surface area contributed by atoms with Gasteiger partial charge in [0.05, 0.1) is 25.9 Å². The molecule has 3 N–H and O–H groups in total. The van der Waals surface area contributed by atoms with E-state index in [1.807, 2.05) is 26.1 Å². The van der Waals surface area contributed by atoms with Crippen molar-refractivity contribution < 1.29 is 9.84 Å². The second-order valence-corrected chi connectivity index (χ2v) is 6.58. The Balaban J connectivity index is 1.95. The van der Waals surface area contributed by atoms with Crippen LogP contribution in [0.15, 0.2) is 35.7 Å². The lowest BCUT2D eigenvalue weighted by Crippen LogP contribution is -2.44. The number of pyridine rings is 1. The molecule has 148 valence electrons. The van der Waals surface area contributed by atoms with Gasteiger partial charge in [0.25, 0.3) is 0 Å². The van der Waals surface area contributed by atoms with E-state index in [-0.39, 0.29) is 0 Å². The van der Waals surface area contributed by atoms with E-state index in [1.165, 1.54) is 0 Å². The molecule has 0 aromatic carbocycles. The summed E-state index contributed by atoms with van der Waals surface area (Å²) in [6.45, 7) is 7.98. The summed E-state index contributed by atoms with van der Waals surface area (Å²) in [6, 6.07) is 3.81. The quantitative estimate of drug-likeness (QED) is 0.455. The van der Waals surface area contributed by atoms with Crippen LogP contribution in [0.2, 0.25) is 0 Å². The summed E-state index contributed by atoms with van der Waals surface area (Å²) in [6.07, 6.45) is 6.19. The van der Waals surface area contributed by atoms with Crippen LogP contribution in [0.4, 0.5) is 0 Å². The minimum absolute atomic E-state index is 0.312. The molecule has 0 aliphatic rings. The maximum absolute atomic E-state index is 10.7. The third-order valence-corrected chi connectivity index (χ3v) is 3.94. The summed E-state index contributed by atoms with van der Waals surface area (Å²) < 4.78 is 7.16. The molecule has 0 saturated heterocycles. The van der Waals surface area contributed by atoms with Crippen LogP contribution in [0.5, 0.6) is 5.88 Å². The van der Waals surface area contributed by atoms with E-state index >= 15 is 0 Å². The summed E-state index contributed by atoms with van der Waals surface area (Å²) in [5.74, 6) is 1.26. The summed E-state index contributed by atoms with van der Waals surface area (Å²) in [5, 5.41) is 21.2. The van der Waals surface area contributed by atoms with Gasteiger partial charge < -0.3 is 20.5 Å². The van der Waals surface area contributed by atoms with E-state index in [0.29, 0.717) is 31.5 Å². The molecular weight excluding hydrogens is 344 g/mol. The molecule has 2 aromatic heterocycles. The maximum atomic E-state index is 10.7. The first-order valence-electron chi connectivity index (χ1n) is 9.26. The molecule has 0 radical (unpaired) electrons. The Morgan fingerprint density at radius 1 is 1.30 bits per heavy atom. The average molecular weight is 374 g/mol. The zero-order valence-electron chi connectivity index (χ0n) is 16.6. The largest absolute Gasteiger partial charge is 0.478 e. The van der Waals surface area contributed by atoms with Crippen molar-refractivity contribution in [2.24, 2.45) is 12.0 Å². The highest BCUT2D eigenvalue weighted by Crippen LogP contribution is 2.18. The summed E-state index contributed by atoms with van der Waals surface area (Å²) in [5.41, 5.74) is 0.680. The number of aromatic nitrogens is 3. The van der Waals surface area contributed by atoms with Crippen molar-refractivity contribution in [2.45, 2.75) is 39.3 Å². The highest BCUT2D eigenvalue weighted by molar-refractivity contribution is 5.79. The van der Waals surface area contributed by atoms with Gasteiger partial charge in [-0.15, -0.1) is 0 Å². The molecule has 0 spiro atoms. The Kier molecular flexibility index (Phi) is 7.60. The number of nitrogens with zero attached hydrogens (tertiary/aromatic N) is 4. The molecule has 27 heavy (non-hydrogen) atoms. The third-order valence-electron chi connectivity index (χ3n) is 3.94. The second-order valence-electron chi connectivity index (χ2n) is 6.58. The van der Waals surface area contributed by atoms with E-state index < -0.39 is 5.60 Å². The van der Waals surface area contributed by atoms with E-state index in [1.54, 1.807) is 30.2 Å². The van der Waals surface area contributed by atoms with Gasteiger partial charge in [0.1, 0.15) is 5.60 Å². The number of hydrogen-bond acceptors (Lipinski definition) is 5. The molecule has 2 rings (SSSR count). The van der Waals surface area contributed by atoms with Crippen molar-refractivity contribution >= 4 is 5.96 Å². The third kappa shape index (κ3) is 6.56. The second kappa shape index (κ2) is 9.91. The van der Waals surface area contributed by atoms with Crippen LogP contribution in [0.1, 0.15) is 38.3 Å². The van der Waals surface area contributed by atoms with Crippen molar-refractivity contribution in [3.63, 3.8) is 0 Å². The van der Waals surface area contributed by atoms with Gasteiger partial charge in [0.15, 0.2) is 5.96 Å². The molecular formula is C19H30N6O2. The Bertz CT molecular complexity index is 724. The van der Waals surface area contributed by atoms with E-state index in [2.05, 4.69) is 32.6 Å². The van der Waals surface area contributed by atoms with Crippen LogP contribution in [-0.4, -0.2) is 45.5 Å². The Morgan fingerprint density at radius 2 is 2.11 bits per heavy atom. The number of aliphatic hydroxyl groups is 1. The molecule has 2 heterocycles. The van der Waals surface area contributed by atoms with Gasteiger partial charge in [0, 0.05) is 37.6 Å². The molecule has 0 amide bonds. The predicted octanol–water partition coefficient (Wildman–Crippen LogP) is 1.57. The van der Waals surface area contributed by atoms with Gasteiger partial charge >= 0.3 is 0 Å². The summed E-state index contributed by atoms with van der Waals surface area (Å²) in [7, 11) is 1.82. The first kappa shape index (κ1) is 20.7. The van der Waals surface area contributed by atoms with Gasteiger partial charge in [-0.2, -0.15) is 5.10 Å². The first-order valence-corrected chi connectivity index (χ1v) is 9.26. The van der Waals surface area contributed by atoms with Gasteiger partial charge in [-0.3, -0.25) is 4.68 Å². The SMILES string of the molecule is CCCOc1ccc(CN=C(NCC)NCC(C)(O)c2cnn(C)c2)cn1. The van der Waals surface area contributed by atoms with Crippen molar-refractivity contribution in [2.75, 3.05) is 19.7 Å². The lowest BCUT2D eigenvalue weighted by Gasteiger charge is -2.23. The van der Waals surface area contributed by atoms with Gasteiger partial charge in [0.2, 0.25) is 5.88 Å². The number of ether oxygens (including phenoxy) is 1. The number of guanidine groups is 1. The predicted molar refractivity (Wildman–Crippen MR) is 106 cm³/mol. The van der Waals surface area contributed by atoms with Crippen LogP contribution >= 0.6 is 0 Å². The van der Waals surface area contributed by atoms with Gasteiger partial charge in [-0.05, 0) is 25.8 Å². The number of nitrogens with one attached hydrogen (secondary N) is 2. The number of aryl methyl sites for hydroxylation is 1. The molecule has 0 fully saturated rings. The van der Waals surface area contributed by atoms with Crippen LogP contribution in [0.3, 0.4) is 0 Å². The molecule has 8 heteroatoms. The fourth-order valence-electron chi connectivity index (χ4n) is 2.37. The molecule has 2 aromatic rings. The lowest BCUT2D eigenvalue weighted by molar-refractivity contribution is 0.0616. The Hall–Kier alpha value is -2.61. The van der Waals surface area contributed by atoms with Crippen molar-refractivity contribution in [3.05, 3.63) is 41.9 Å². The summed E-state index contributed by atoms with van der Waals surface area (Å²) in [4.78, 5) is 8.84. The average Bonchev–Trinajstić information content (AvgIpc) is 3.10. The first-order chi connectivity index (χ1) is 12.9. The zero-order chi connectivity index (χ0) is 19.7. The normalized spacial score (nSPS) is 13.9. The monoisotopic (exact) mass is 374 g/mol. The smallest absolute Gasteiger partial charge is 0.213 e. The van der Waals surface area contributed by atoms with Crippen molar-refractivity contribution in [1.29, 1.82) is 0 Å². The molecule has 8 nitrogen and oxygen atoms in total. The molecule has 0 saturated carbocycles. The van der Waals surface area contributed by atoms with E-state index in [4.69, 9.17) is 4.74 Å². The van der Waals surface area contributed by atoms with Gasteiger partial charge in [-0.25, -0.2) is 9.98 Å². The number of aliphatic imine (C=N–C) groups is 1. The minimum atomic E-state index is -1.05. The molecule has 1 unspecified atom stereocenters. The van der Waals surface area contributed by atoms with Crippen molar-refractivity contribution in [3.8, 4) is 5.88 Å². The van der Waals surface area contributed by atoms with Crippen LogP contribution < -0.4 is 15.4 Å².